The van der Waals surface area contributed by atoms with Crippen LogP contribution in [0, 0.1) is 0 Å². The molecule has 0 bridgehead atoms. The van der Waals surface area contributed by atoms with Crippen LogP contribution in [-0.4, -0.2) is 46.8 Å². The molecule has 0 radical (unpaired) electrons. The second-order valence-electron chi connectivity index (χ2n) is 6.42. The Morgan fingerprint density at radius 3 is 2.67 bits per heavy atom. The summed E-state index contributed by atoms with van der Waals surface area (Å²) < 4.78 is 4.96. The molecule has 0 spiro atoms. The zero-order valence-electron chi connectivity index (χ0n) is 16.4. The SMILES string of the molecule is CCOC(=O)c1ccc(N=C2S[C@@H](C(=O)Nc3cccc(Cl)c3)CC(=O)N2C)cc1. The Labute approximate surface area is 183 Å². The molecule has 2 aromatic rings. The Morgan fingerprint density at radius 2 is 2.00 bits per heavy atom. The summed E-state index contributed by atoms with van der Waals surface area (Å²) in [7, 11) is 1.62. The van der Waals surface area contributed by atoms with E-state index in [-0.39, 0.29) is 18.2 Å². The van der Waals surface area contributed by atoms with Crippen LogP contribution in [0.5, 0.6) is 0 Å². The van der Waals surface area contributed by atoms with E-state index in [4.69, 9.17) is 16.3 Å². The van der Waals surface area contributed by atoms with Gasteiger partial charge in [0, 0.05) is 24.2 Å². The molecule has 156 valence electrons. The van der Waals surface area contributed by atoms with Gasteiger partial charge >= 0.3 is 5.97 Å². The van der Waals surface area contributed by atoms with Crippen molar-refractivity contribution >= 4 is 57.7 Å². The molecule has 1 fully saturated rings. The molecular weight excluding hydrogens is 426 g/mol. The summed E-state index contributed by atoms with van der Waals surface area (Å²) in [6.07, 6.45) is 0.0639. The number of esters is 1. The van der Waals surface area contributed by atoms with E-state index in [2.05, 4.69) is 10.3 Å². The first-order valence-electron chi connectivity index (χ1n) is 9.23. The smallest absolute Gasteiger partial charge is 0.338 e. The van der Waals surface area contributed by atoms with Crippen molar-refractivity contribution in [1.29, 1.82) is 0 Å². The van der Waals surface area contributed by atoms with E-state index in [1.54, 1.807) is 62.5 Å². The van der Waals surface area contributed by atoms with Crippen molar-refractivity contribution in [2.24, 2.45) is 4.99 Å². The number of nitrogens with zero attached hydrogens (tertiary/aromatic N) is 2. The Kier molecular flexibility index (Phi) is 7.12. The van der Waals surface area contributed by atoms with Crippen LogP contribution in [0.15, 0.2) is 53.5 Å². The van der Waals surface area contributed by atoms with Gasteiger partial charge in [-0.3, -0.25) is 14.5 Å². The van der Waals surface area contributed by atoms with Crippen molar-refractivity contribution in [1.82, 2.24) is 4.90 Å². The quantitative estimate of drug-likeness (QED) is 0.700. The third-order valence-corrected chi connectivity index (χ3v) is 5.73. The molecule has 1 saturated heterocycles. The van der Waals surface area contributed by atoms with Gasteiger partial charge in [-0.15, -0.1) is 0 Å². The van der Waals surface area contributed by atoms with E-state index in [0.29, 0.717) is 33.7 Å². The van der Waals surface area contributed by atoms with Crippen LogP contribution in [-0.2, 0) is 14.3 Å². The third kappa shape index (κ3) is 5.40. The topological polar surface area (TPSA) is 88.1 Å². The number of hydrogen-bond donors (Lipinski definition) is 1. The Morgan fingerprint density at radius 1 is 1.27 bits per heavy atom. The number of amidine groups is 1. The predicted octanol–water partition coefficient (Wildman–Crippen LogP) is 4.11. The summed E-state index contributed by atoms with van der Waals surface area (Å²) in [4.78, 5) is 42.7. The van der Waals surface area contributed by atoms with Crippen molar-refractivity contribution in [2.45, 2.75) is 18.6 Å². The van der Waals surface area contributed by atoms with Crippen molar-refractivity contribution < 1.29 is 19.1 Å². The fourth-order valence-electron chi connectivity index (χ4n) is 2.68. The second kappa shape index (κ2) is 9.77. The number of carbonyl (C=O) groups excluding carboxylic acids is 3. The van der Waals surface area contributed by atoms with Gasteiger partial charge in [0.1, 0.15) is 5.25 Å². The lowest BCUT2D eigenvalue weighted by atomic mass is 10.2. The summed E-state index contributed by atoms with van der Waals surface area (Å²) in [5, 5.41) is 3.07. The van der Waals surface area contributed by atoms with Crippen LogP contribution < -0.4 is 5.32 Å². The molecule has 9 heteroatoms. The van der Waals surface area contributed by atoms with Gasteiger partial charge in [-0.2, -0.15) is 0 Å². The number of amides is 2. The summed E-state index contributed by atoms with van der Waals surface area (Å²) in [5.74, 6) is -0.912. The zero-order valence-corrected chi connectivity index (χ0v) is 18.0. The minimum absolute atomic E-state index is 0.0639. The molecule has 1 heterocycles. The number of thioether (sulfide) groups is 1. The number of ether oxygens (including phenoxy) is 1. The van der Waals surface area contributed by atoms with Crippen LogP contribution in [0.2, 0.25) is 5.02 Å². The molecule has 30 heavy (non-hydrogen) atoms. The van der Waals surface area contributed by atoms with Crippen molar-refractivity contribution in [2.75, 3.05) is 19.0 Å². The first-order chi connectivity index (χ1) is 14.4. The molecule has 0 aliphatic carbocycles. The van der Waals surface area contributed by atoms with E-state index in [9.17, 15) is 14.4 Å². The molecule has 1 aliphatic heterocycles. The van der Waals surface area contributed by atoms with Gasteiger partial charge in [0.15, 0.2) is 5.17 Å². The Bertz CT molecular complexity index is 994. The number of nitrogens with one attached hydrogen (secondary N) is 1. The minimum Gasteiger partial charge on any atom is -0.462 e. The Balaban J connectivity index is 1.74. The average Bonchev–Trinajstić information content (AvgIpc) is 2.72. The summed E-state index contributed by atoms with van der Waals surface area (Å²) in [6, 6.07) is 13.3. The van der Waals surface area contributed by atoms with E-state index >= 15 is 0 Å². The summed E-state index contributed by atoms with van der Waals surface area (Å²) in [6.45, 7) is 2.04. The molecule has 3 rings (SSSR count). The highest BCUT2D eigenvalue weighted by atomic mass is 35.5. The number of carbonyl (C=O) groups is 3. The molecule has 1 N–H and O–H groups in total. The van der Waals surface area contributed by atoms with Gasteiger partial charge in [-0.1, -0.05) is 29.4 Å². The van der Waals surface area contributed by atoms with E-state index in [0.717, 1.165) is 0 Å². The molecule has 0 unspecified atom stereocenters. The lowest BCUT2D eigenvalue weighted by Gasteiger charge is -2.28. The molecule has 0 aromatic heterocycles. The normalized spacial score (nSPS) is 17.7. The van der Waals surface area contributed by atoms with E-state index < -0.39 is 11.2 Å². The second-order valence-corrected chi connectivity index (χ2v) is 8.03. The number of halogens is 1. The number of hydrogen-bond acceptors (Lipinski definition) is 6. The largest absolute Gasteiger partial charge is 0.462 e. The van der Waals surface area contributed by atoms with Crippen molar-refractivity contribution in [3.8, 4) is 0 Å². The lowest BCUT2D eigenvalue weighted by Crippen LogP contribution is -2.43. The highest BCUT2D eigenvalue weighted by Crippen LogP contribution is 2.29. The standard InChI is InChI=1S/C21H20ClN3O4S/c1-3-29-20(28)13-7-9-15(10-8-13)24-21-25(2)18(26)12-17(30-21)19(27)23-16-6-4-5-14(22)11-16/h4-11,17H,3,12H2,1-2H3,(H,23,27)/t17-/m1/s1. The zero-order chi connectivity index (χ0) is 21.7. The maximum Gasteiger partial charge on any atom is 0.338 e. The van der Waals surface area contributed by atoms with Gasteiger partial charge in [0.05, 0.1) is 17.9 Å². The number of benzene rings is 2. The van der Waals surface area contributed by atoms with Crippen LogP contribution in [0.25, 0.3) is 0 Å². The highest BCUT2D eigenvalue weighted by molar-refractivity contribution is 8.15. The highest BCUT2D eigenvalue weighted by Gasteiger charge is 2.34. The maximum absolute atomic E-state index is 12.7. The van der Waals surface area contributed by atoms with E-state index in [1.807, 2.05) is 0 Å². The van der Waals surface area contributed by atoms with Gasteiger partial charge in [-0.25, -0.2) is 9.79 Å². The molecule has 1 aliphatic rings. The number of rotatable bonds is 5. The van der Waals surface area contributed by atoms with Crippen LogP contribution in [0.1, 0.15) is 23.7 Å². The average molecular weight is 446 g/mol. The summed E-state index contributed by atoms with van der Waals surface area (Å²) >= 11 is 7.16. The monoisotopic (exact) mass is 445 g/mol. The fourth-order valence-corrected chi connectivity index (χ4v) is 3.94. The summed E-state index contributed by atoms with van der Waals surface area (Å²) in [5.41, 5.74) is 1.54. The van der Waals surface area contributed by atoms with Crippen LogP contribution in [0.4, 0.5) is 11.4 Å². The molecule has 2 amide bonds. The molecular formula is C21H20ClN3O4S. The van der Waals surface area contributed by atoms with Crippen LogP contribution in [0.3, 0.4) is 0 Å². The first-order valence-corrected chi connectivity index (χ1v) is 10.5. The van der Waals surface area contributed by atoms with Crippen molar-refractivity contribution in [3.63, 3.8) is 0 Å². The van der Waals surface area contributed by atoms with Gasteiger partial charge in [-0.05, 0) is 49.4 Å². The first kappa shape index (κ1) is 21.9. The number of aliphatic imine (C=N–C) groups is 1. The number of anilines is 1. The van der Waals surface area contributed by atoms with Gasteiger partial charge < -0.3 is 10.1 Å². The van der Waals surface area contributed by atoms with E-state index in [1.165, 1.54) is 16.7 Å². The third-order valence-electron chi connectivity index (χ3n) is 4.26. The Hall–Kier alpha value is -2.84. The minimum atomic E-state index is -0.620. The molecule has 1 atom stereocenters. The maximum atomic E-state index is 12.7. The lowest BCUT2D eigenvalue weighted by molar-refractivity contribution is -0.128. The predicted molar refractivity (Wildman–Crippen MR) is 118 cm³/mol. The molecule has 7 nitrogen and oxygen atoms in total. The van der Waals surface area contributed by atoms with Gasteiger partial charge in [0.2, 0.25) is 11.8 Å². The van der Waals surface area contributed by atoms with Crippen molar-refractivity contribution in [3.05, 3.63) is 59.1 Å². The fraction of sp³-hybridized carbons (Fsp3) is 0.238. The van der Waals surface area contributed by atoms with Crippen LogP contribution >= 0.6 is 23.4 Å². The van der Waals surface area contributed by atoms with Gasteiger partial charge in [0.25, 0.3) is 0 Å². The molecule has 0 saturated carbocycles. The molecule has 2 aromatic carbocycles.